The predicted molar refractivity (Wildman–Crippen MR) is 68.7 cm³/mol. The Morgan fingerprint density at radius 3 is 2.58 bits per heavy atom. The van der Waals surface area contributed by atoms with Crippen molar-refractivity contribution in [3.05, 3.63) is 46.0 Å². The lowest BCUT2D eigenvalue weighted by Gasteiger charge is -2.09. The molecule has 0 fully saturated rings. The molecule has 0 atom stereocenters. The minimum atomic E-state index is -1.21. The van der Waals surface area contributed by atoms with E-state index < -0.39 is 11.8 Å². The van der Waals surface area contributed by atoms with Gasteiger partial charge >= 0.3 is 5.97 Å². The Labute approximate surface area is 117 Å². The molecular weight excluding hydrogens is 296 g/mol. The number of anilines is 2. The van der Waals surface area contributed by atoms with E-state index in [9.17, 15) is 9.18 Å². The molecule has 8 heteroatoms. The van der Waals surface area contributed by atoms with E-state index in [0.29, 0.717) is 0 Å². The number of carboxylic acids is 1. The van der Waals surface area contributed by atoms with E-state index in [2.05, 4.69) is 15.5 Å². The first-order valence-corrected chi connectivity index (χ1v) is 5.71. The van der Waals surface area contributed by atoms with Gasteiger partial charge in [0.15, 0.2) is 10.3 Å². The fourth-order valence-electron chi connectivity index (χ4n) is 1.34. The van der Waals surface area contributed by atoms with Crippen molar-refractivity contribution in [1.29, 1.82) is 0 Å². The van der Waals surface area contributed by atoms with Crippen molar-refractivity contribution in [2.24, 2.45) is 0 Å². The van der Waals surface area contributed by atoms with Gasteiger partial charge in [0, 0.05) is 6.07 Å². The van der Waals surface area contributed by atoms with Crippen LogP contribution in [0.15, 0.2) is 24.3 Å². The molecule has 0 saturated carbocycles. The number of rotatable bonds is 3. The largest absolute Gasteiger partial charge is 0.478 e. The maximum atomic E-state index is 13.7. The smallest absolute Gasteiger partial charge is 0.335 e. The Morgan fingerprint density at radius 2 is 1.95 bits per heavy atom. The second kappa shape index (κ2) is 5.38. The molecule has 0 aliphatic carbocycles. The molecule has 2 N–H and O–H groups in total. The number of hydrogen-bond acceptors (Lipinski definition) is 4. The molecule has 0 aliphatic rings. The number of carboxylic acid groups (broad SMARTS) is 1. The van der Waals surface area contributed by atoms with Crippen LogP contribution in [0.3, 0.4) is 0 Å². The van der Waals surface area contributed by atoms with Gasteiger partial charge in [0.25, 0.3) is 0 Å². The van der Waals surface area contributed by atoms with Crippen LogP contribution in [0.4, 0.5) is 15.8 Å². The van der Waals surface area contributed by atoms with Gasteiger partial charge in [-0.1, -0.05) is 23.2 Å². The molecule has 0 saturated heterocycles. The van der Waals surface area contributed by atoms with E-state index in [4.69, 9.17) is 28.3 Å². The first-order valence-electron chi connectivity index (χ1n) is 4.96. The fraction of sp³-hybridized carbons (Fsp3) is 0. The van der Waals surface area contributed by atoms with Gasteiger partial charge in [-0.3, -0.25) is 0 Å². The van der Waals surface area contributed by atoms with Crippen LogP contribution in [-0.4, -0.2) is 21.3 Å². The van der Waals surface area contributed by atoms with Gasteiger partial charge in [-0.05, 0) is 18.2 Å². The predicted octanol–water partition coefficient (Wildman–Crippen LogP) is 3.36. The van der Waals surface area contributed by atoms with Gasteiger partial charge in [-0.25, -0.2) is 9.18 Å². The highest BCUT2D eigenvalue weighted by Gasteiger charge is 2.11. The van der Waals surface area contributed by atoms with Gasteiger partial charge in [0.2, 0.25) is 0 Å². The van der Waals surface area contributed by atoms with Gasteiger partial charge in [-0.2, -0.15) is 0 Å². The number of hydrogen-bond donors (Lipinski definition) is 2. The van der Waals surface area contributed by atoms with Crippen LogP contribution in [0.25, 0.3) is 0 Å². The summed E-state index contributed by atoms with van der Waals surface area (Å²) < 4.78 is 13.7. The van der Waals surface area contributed by atoms with Crippen LogP contribution in [0, 0.1) is 5.82 Å². The van der Waals surface area contributed by atoms with Gasteiger partial charge in [0.05, 0.1) is 16.9 Å². The lowest BCUT2D eigenvalue weighted by atomic mass is 10.2. The molecule has 0 bridgehead atoms. The number of aromatic nitrogens is 2. The highest BCUT2D eigenvalue weighted by molar-refractivity contribution is 6.33. The van der Waals surface area contributed by atoms with Crippen molar-refractivity contribution in [2.75, 3.05) is 5.32 Å². The third-order valence-corrected chi connectivity index (χ3v) is 2.67. The molecule has 5 nitrogen and oxygen atoms in total. The Morgan fingerprint density at radius 1 is 1.21 bits per heavy atom. The monoisotopic (exact) mass is 301 g/mol. The van der Waals surface area contributed by atoms with Crippen LogP contribution in [0.1, 0.15) is 10.4 Å². The minimum Gasteiger partial charge on any atom is -0.478 e. The van der Waals surface area contributed by atoms with Crippen LogP contribution in [0.2, 0.25) is 10.3 Å². The van der Waals surface area contributed by atoms with Crippen LogP contribution < -0.4 is 5.32 Å². The minimum absolute atomic E-state index is 0.0195. The topological polar surface area (TPSA) is 75.1 Å². The first-order chi connectivity index (χ1) is 8.97. The van der Waals surface area contributed by atoms with Crippen LogP contribution >= 0.6 is 23.2 Å². The molecule has 0 spiro atoms. The molecule has 2 aromatic rings. The number of halogens is 3. The molecule has 19 heavy (non-hydrogen) atoms. The standard InChI is InChI=1S/C11H6Cl2FN3O2/c12-9-4-8(10(13)17-16-9)15-7-2-1-5(11(18)19)3-6(7)14/h1-4H,(H,15,16)(H,18,19). The summed E-state index contributed by atoms with van der Waals surface area (Å²) in [5.74, 6) is -1.94. The summed E-state index contributed by atoms with van der Waals surface area (Å²) in [6, 6.07) is 4.82. The molecule has 0 radical (unpaired) electrons. The summed E-state index contributed by atoms with van der Waals surface area (Å²) in [6.45, 7) is 0. The van der Waals surface area contributed by atoms with Crippen molar-refractivity contribution in [3.8, 4) is 0 Å². The van der Waals surface area contributed by atoms with E-state index in [-0.39, 0.29) is 27.2 Å². The third kappa shape index (κ3) is 3.10. The van der Waals surface area contributed by atoms with Gasteiger partial charge in [-0.15, -0.1) is 10.2 Å². The number of nitrogens with one attached hydrogen (secondary N) is 1. The van der Waals surface area contributed by atoms with Gasteiger partial charge < -0.3 is 10.4 Å². The Hall–Kier alpha value is -1.92. The van der Waals surface area contributed by atoms with Crippen molar-refractivity contribution in [2.45, 2.75) is 0 Å². The Bertz CT molecular complexity index is 652. The van der Waals surface area contributed by atoms with E-state index >= 15 is 0 Å². The summed E-state index contributed by atoms with van der Waals surface area (Å²) in [5, 5.41) is 18.6. The fourth-order valence-corrected chi connectivity index (χ4v) is 1.62. The average Bonchev–Trinajstić information content (AvgIpc) is 2.36. The van der Waals surface area contributed by atoms with E-state index in [0.717, 1.165) is 6.07 Å². The second-order valence-corrected chi connectivity index (χ2v) is 4.24. The van der Waals surface area contributed by atoms with Gasteiger partial charge in [0.1, 0.15) is 5.82 Å². The number of nitrogens with zero attached hydrogens (tertiary/aromatic N) is 2. The molecule has 1 heterocycles. The summed E-state index contributed by atoms with van der Waals surface area (Å²) in [4.78, 5) is 10.7. The molecule has 98 valence electrons. The summed E-state index contributed by atoms with van der Waals surface area (Å²) in [7, 11) is 0. The average molecular weight is 302 g/mol. The molecule has 1 aromatic heterocycles. The summed E-state index contributed by atoms with van der Waals surface area (Å²) >= 11 is 11.4. The normalized spacial score (nSPS) is 10.3. The van der Waals surface area contributed by atoms with Crippen molar-refractivity contribution in [1.82, 2.24) is 10.2 Å². The summed E-state index contributed by atoms with van der Waals surface area (Å²) in [6.07, 6.45) is 0. The molecule has 0 aliphatic heterocycles. The van der Waals surface area contributed by atoms with E-state index in [1.165, 1.54) is 18.2 Å². The van der Waals surface area contributed by atoms with E-state index in [1.54, 1.807) is 0 Å². The molecule has 0 unspecified atom stereocenters. The van der Waals surface area contributed by atoms with E-state index in [1.807, 2.05) is 0 Å². The number of aromatic carboxylic acids is 1. The second-order valence-electron chi connectivity index (χ2n) is 3.50. The maximum Gasteiger partial charge on any atom is 0.335 e. The van der Waals surface area contributed by atoms with Crippen molar-refractivity contribution < 1.29 is 14.3 Å². The third-order valence-electron chi connectivity index (χ3n) is 2.20. The van der Waals surface area contributed by atoms with Crippen LogP contribution in [0.5, 0.6) is 0 Å². The quantitative estimate of drug-likeness (QED) is 0.909. The highest BCUT2D eigenvalue weighted by atomic mass is 35.5. The molecular formula is C11H6Cl2FN3O2. The lowest BCUT2D eigenvalue weighted by Crippen LogP contribution is -2.01. The number of carbonyl (C=O) groups is 1. The molecule has 1 aromatic carbocycles. The highest BCUT2D eigenvalue weighted by Crippen LogP contribution is 2.26. The maximum absolute atomic E-state index is 13.7. The van der Waals surface area contributed by atoms with Crippen molar-refractivity contribution >= 4 is 40.5 Å². The van der Waals surface area contributed by atoms with Crippen molar-refractivity contribution in [3.63, 3.8) is 0 Å². The zero-order valence-corrected chi connectivity index (χ0v) is 10.7. The molecule has 2 rings (SSSR count). The number of benzene rings is 1. The Balaban J connectivity index is 2.33. The SMILES string of the molecule is O=C(O)c1ccc(Nc2cc(Cl)nnc2Cl)c(F)c1. The Kier molecular flexibility index (Phi) is 3.82. The zero-order valence-electron chi connectivity index (χ0n) is 9.19. The van der Waals surface area contributed by atoms with Crippen LogP contribution in [-0.2, 0) is 0 Å². The lowest BCUT2D eigenvalue weighted by molar-refractivity contribution is 0.0696. The first kappa shape index (κ1) is 13.5. The zero-order chi connectivity index (χ0) is 14.0. The molecule has 0 amide bonds. The summed E-state index contributed by atoms with van der Waals surface area (Å²) in [5.41, 5.74) is 0.166.